The predicted octanol–water partition coefficient (Wildman–Crippen LogP) is -3.58. The van der Waals surface area contributed by atoms with Crippen LogP contribution in [0.15, 0.2) is 24.3 Å². The number of ether oxygens (including phenoxy) is 3. The lowest BCUT2D eigenvalue weighted by atomic mass is 9.96. The first-order chi connectivity index (χ1) is 15.2. The largest absolute Gasteiger partial charge is 0.478 e. The van der Waals surface area contributed by atoms with E-state index >= 15 is 0 Å². The fourth-order valence-electron chi connectivity index (χ4n) is 3.66. The van der Waals surface area contributed by atoms with Crippen LogP contribution in [0.5, 0.6) is 0 Å². The Hall–Kier alpha value is -1.91. The fourth-order valence-corrected chi connectivity index (χ4v) is 3.66. The third-order valence-corrected chi connectivity index (χ3v) is 5.46. The summed E-state index contributed by atoms with van der Waals surface area (Å²) in [5, 5.41) is 82.0. The van der Waals surface area contributed by atoms with Crippen LogP contribution in [0.25, 0.3) is 0 Å². The first-order valence-electron chi connectivity index (χ1n) is 9.86. The van der Waals surface area contributed by atoms with Crippen LogP contribution in [-0.4, -0.2) is 121 Å². The van der Waals surface area contributed by atoms with Gasteiger partial charge in [-0.25, -0.2) is 4.79 Å². The Morgan fingerprint density at radius 1 is 0.875 bits per heavy atom. The topological polar surface area (TPSA) is 219 Å². The van der Waals surface area contributed by atoms with Crippen LogP contribution < -0.4 is 5.32 Å². The lowest BCUT2D eigenvalue weighted by Crippen LogP contribution is -2.65. The average molecular weight is 461 g/mol. The van der Waals surface area contributed by atoms with Gasteiger partial charge in [-0.05, 0) is 12.1 Å². The van der Waals surface area contributed by atoms with Crippen LogP contribution in [0.4, 0.5) is 5.69 Å². The van der Waals surface area contributed by atoms with Crippen molar-refractivity contribution >= 4 is 11.7 Å². The summed E-state index contributed by atoms with van der Waals surface area (Å²) in [7, 11) is 0. The Morgan fingerprint density at radius 3 is 2.16 bits per heavy atom. The summed E-state index contributed by atoms with van der Waals surface area (Å²) in [5.41, 5.74) is -0.0146. The maximum atomic E-state index is 11.4. The molecular formula is C19H27NO12. The summed E-state index contributed by atoms with van der Waals surface area (Å²) < 4.78 is 16.3. The van der Waals surface area contributed by atoms with Gasteiger partial charge in [0.1, 0.15) is 48.8 Å². The zero-order chi connectivity index (χ0) is 23.6. The third kappa shape index (κ3) is 4.87. The van der Waals surface area contributed by atoms with E-state index < -0.39 is 80.5 Å². The average Bonchev–Trinajstić information content (AvgIpc) is 2.78. The molecule has 0 radical (unpaired) electrons. The molecule has 0 spiro atoms. The van der Waals surface area contributed by atoms with Gasteiger partial charge in [0.05, 0.1) is 24.5 Å². The molecule has 180 valence electrons. The Morgan fingerprint density at radius 2 is 1.53 bits per heavy atom. The van der Waals surface area contributed by atoms with Crippen molar-refractivity contribution in [3.8, 4) is 0 Å². The van der Waals surface area contributed by atoms with Crippen molar-refractivity contribution in [2.75, 3.05) is 18.5 Å². The number of carboxylic acid groups (broad SMARTS) is 1. The number of carboxylic acids is 1. The Balaban J connectivity index is 1.75. The van der Waals surface area contributed by atoms with Gasteiger partial charge in [-0.3, -0.25) is 0 Å². The number of hydrogen-bond acceptors (Lipinski definition) is 12. The van der Waals surface area contributed by atoms with Gasteiger partial charge in [0, 0.05) is 0 Å². The highest BCUT2D eigenvalue weighted by Crippen LogP contribution is 2.30. The number of hydrogen-bond donors (Lipinski definition) is 9. The highest BCUT2D eigenvalue weighted by molar-refractivity contribution is 5.94. The van der Waals surface area contributed by atoms with E-state index in [2.05, 4.69) is 5.32 Å². The molecule has 1 aromatic rings. The molecule has 3 rings (SSSR count). The molecule has 0 aromatic heterocycles. The van der Waals surface area contributed by atoms with Crippen molar-refractivity contribution in [1.82, 2.24) is 0 Å². The Kier molecular flexibility index (Phi) is 8.00. The van der Waals surface area contributed by atoms with Crippen molar-refractivity contribution in [3.05, 3.63) is 29.8 Å². The third-order valence-electron chi connectivity index (χ3n) is 5.46. The summed E-state index contributed by atoms with van der Waals surface area (Å²) in [4.78, 5) is 11.4. The minimum Gasteiger partial charge on any atom is -0.478 e. The molecular weight excluding hydrogens is 434 g/mol. The molecule has 32 heavy (non-hydrogen) atoms. The number of benzene rings is 1. The summed E-state index contributed by atoms with van der Waals surface area (Å²) in [5.74, 6) is -1.23. The molecule has 2 heterocycles. The van der Waals surface area contributed by atoms with E-state index in [9.17, 15) is 45.6 Å². The number of aliphatic hydroxyl groups excluding tert-OH is 7. The molecule has 2 saturated heterocycles. The molecule has 9 N–H and O–H groups in total. The van der Waals surface area contributed by atoms with Gasteiger partial charge in [-0.2, -0.15) is 0 Å². The van der Waals surface area contributed by atoms with E-state index in [0.29, 0.717) is 0 Å². The number of rotatable bonds is 7. The Bertz CT molecular complexity index is 776. The molecule has 1 aromatic carbocycles. The number of aromatic carboxylic acids is 1. The summed E-state index contributed by atoms with van der Waals surface area (Å²) in [6.45, 7) is -1.40. The number of nitrogens with one attached hydrogen (secondary N) is 1. The standard InChI is InChI=1S/C19H27NO12/c21-5-9-11(23)12(24)15(27)19(31-9)32-16-10(6-22)30-17(14(26)13(16)25)20-8-4-2-1-3-7(8)18(28)29/h1-4,9-17,19-27H,5-6H2,(H,28,29)/t9-,10-,11+,12+,13+,14-,15+,16-,17-,19+/m0/s1. The van der Waals surface area contributed by atoms with Crippen LogP contribution >= 0.6 is 0 Å². The monoisotopic (exact) mass is 461 g/mol. The quantitative estimate of drug-likeness (QED) is 0.192. The molecule has 0 unspecified atom stereocenters. The number of para-hydroxylation sites is 1. The first-order valence-corrected chi connectivity index (χ1v) is 9.86. The predicted molar refractivity (Wildman–Crippen MR) is 103 cm³/mol. The zero-order valence-electron chi connectivity index (χ0n) is 16.7. The van der Waals surface area contributed by atoms with E-state index in [1.807, 2.05) is 0 Å². The SMILES string of the molecule is O=C(O)c1ccccc1N[C@H]1O[C@@H](CO)[C@H](O[C@H]2O[C@@H](CO)[C@@H](O)[C@@H](O)[C@H]2O)[C@H](O)[C@@H]1O. The van der Waals surface area contributed by atoms with Gasteiger partial charge in [-0.1, -0.05) is 12.1 Å². The van der Waals surface area contributed by atoms with Crippen molar-refractivity contribution in [2.45, 2.75) is 61.3 Å². The van der Waals surface area contributed by atoms with Crippen LogP contribution in [0.2, 0.25) is 0 Å². The molecule has 2 fully saturated rings. The second kappa shape index (κ2) is 10.4. The fraction of sp³-hybridized carbons (Fsp3) is 0.632. The van der Waals surface area contributed by atoms with Crippen LogP contribution in [0, 0.1) is 0 Å². The lowest BCUT2D eigenvalue weighted by Gasteiger charge is -2.46. The molecule has 13 heteroatoms. The highest BCUT2D eigenvalue weighted by Gasteiger charge is 2.50. The summed E-state index contributed by atoms with van der Waals surface area (Å²) in [6, 6.07) is 5.80. The lowest BCUT2D eigenvalue weighted by molar-refractivity contribution is -0.340. The maximum absolute atomic E-state index is 11.4. The molecule has 0 amide bonds. The van der Waals surface area contributed by atoms with Gasteiger partial charge in [0.2, 0.25) is 0 Å². The maximum Gasteiger partial charge on any atom is 0.337 e. The number of carbonyl (C=O) groups is 1. The smallest absolute Gasteiger partial charge is 0.337 e. The highest BCUT2D eigenvalue weighted by atomic mass is 16.7. The van der Waals surface area contributed by atoms with E-state index in [1.54, 1.807) is 6.07 Å². The molecule has 0 aliphatic carbocycles. The van der Waals surface area contributed by atoms with Gasteiger partial charge >= 0.3 is 5.97 Å². The normalized spacial score (nSPS) is 40.1. The van der Waals surface area contributed by atoms with Crippen LogP contribution in [0.1, 0.15) is 10.4 Å². The van der Waals surface area contributed by atoms with Crippen molar-refractivity contribution in [3.63, 3.8) is 0 Å². The van der Waals surface area contributed by atoms with Crippen molar-refractivity contribution in [2.24, 2.45) is 0 Å². The van der Waals surface area contributed by atoms with Gasteiger partial charge in [-0.15, -0.1) is 0 Å². The zero-order valence-corrected chi connectivity index (χ0v) is 16.7. The number of anilines is 1. The van der Waals surface area contributed by atoms with E-state index in [-0.39, 0.29) is 11.3 Å². The second-order valence-corrected chi connectivity index (χ2v) is 7.55. The van der Waals surface area contributed by atoms with Crippen LogP contribution in [0.3, 0.4) is 0 Å². The summed E-state index contributed by atoms with van der Waals surface area (Å²) >= 11 is 0. The minimum absolute atomic E-state index is 0.0984. The van der Waals surface area contributed by atoms with E-state index in [4.69, 9.17) is 14.2 Å². The van der Waals surface area contributed by atoms with Crippen molar-refractivity contribution in [1.29, 1.82) is 0 Å². The molecule has 0 bridgehead atoms. The molecule has 2 aliphatic rings. The molecule has 2 aliphatic heterocycles. The second-order valence-electron chi connectivity index (χ2n) is 7.55. The van der Waals surface area contributed by atoms with Gasteiger partial charge < -0.3 is 60.4 Å². The first kappa shape index (κ1) is 24.7. The molecule has 0 saturated carbocycles. The van der Waals surface area contributed by atoms with Crippen molar-refractivity contribution < 1.29 is 59.9 Å². The van der Waals surface area contributed by atoms with Crippen LogP contribution in [-0.2, 0) is 14.2 Å². The molecule has 10 atom stereocenters. The molecule has 13 nitrogen and oxygen atoms in total. The Labute approximate surface area is 182 Å². The van der Waals surface area contributed by atoms with Gasteiger partial charge in [0.25, 0.3) is 0 Å². The van der Waals surface area contributed by atoms with Gasteiger partial charge in [0.15, 0.2) is 12.5 Å². The minimum atomic E-state index is -1.77. The number of aliphatic hydroxyl groups is 7. The summed E-state index contributed by atoms with van der Waals surface area (Å²) in [6.07, 6.45) is -15.5. The van der Waals surface area contributed by atoms with E-state index in [1.165, 1.54) is 18.2 Å². The van der Waals surface area contributed by atoms with E-state index in [0.717, 1.165) is 0 Å².